The molecule has 0 fully saturated rings. The molecule has 84 valence electrons. The van der Waals surface area contributed by atoms with E-state index in [4.69, 9.17) is 16.9 Å². The molecule has 0 radical (unpaired) electrons. The average molecular weight is 240 g/mol. The van der Waals surface area contributed by atoms with E-state index in [1.165, 1.54) is 6.07 Å². The first-order valence-electron chi connectivity index (χ1n) is 4.47. The van der Waals surface area contributed by atoms with E-state index in [2.05, 4.69) is 4.74 Å². The van der Waals surface area contributed by atoms with Crippen LogP contribution in [0.2, 0.25) is 0 Å². The molecule has 0 aliphatic rings. The van der Waals surface area contributed by atoms with Crippen molar-refractivity contribution in [3.63, 3.8) is 0 Å². The molecule has 0 saturated carbocycles. The summed E-state index contributed by atoms with van der Waals surface area (Å²) in [6.07, 6.45) is 0. The Morgan fingerprint density at radius 1 is 1.56 bits per heavy atom. The zero-order valence-electron chi connectivity index (χ0n) is 8.55. The summed E-state index contributed by atoms with van der Waals surface area (Å²) in [5.41, 5.74) is -1.91. The monoisotopic (exact) mass is 239 g/mol. The van der Waals surface area contributed by atoms with Crippen LogP contribution in [0.1, 0.15) is 10.9 Å². The van der Waals surface area contributed by atoms with Crippen molar-refractivity contribution in [3.05, 3.63) is 35.9 Å². The van der Waals surface area contributed by atoms with Crippen molar-refractivity contribution in [2.45, 2.75) is 11.0 Å². The summed E-state index contributed by atoms with van der Waals surface area (Å²) in [6, 6.07) is 9.85. The molecule has 16 heavy (non-hydrogen) atoms. The highest BCUT2D eigenvalue weighted by Crippen LogP contribution is 2.32. The molecule has 0 amide bonds. The van der Waals surface area contributed by atoms with E-state index >= 15 is 0 Å². The third-order valence-corrected chi connectivity index (χ3v) is 2.69. The van der Waals surface area contributed by atoms with Crippen LogP contribution in [-0.4, -0.2) is 23.8 Å². The van der Waals surface area contributed by atoms with Gasteiger partial charge < -0.3 is 9.84 Å². The largest absolute Gasteiger partial charge is 0.466 e. The van der Waals surface area contributed by atoms with Gasteiger partial charge in [-0.15, -0.1) is 11.6 Å². The van der Waals surface area contributed by atoms with Gasteiger partial charge in [0.05, 0.1) is 7.11 Å². The van der Waals surface area contributed by atoms with Gasteiger partial charge in [0.2, 0.25) is 0 Å². The van der Waals surface area contributed by atoms with Crippen molar-refractivity contribution >= 4 is 17.6 Å². The van der Waals surface area contributed by atoms with E-state index in [0.717, 1.165) is 7.11 Å². The molecule has 0 bridgehead atoms. The van der Waals surface area contributed by atoms with Crippen LogP contribution in [-0.2, 0) is 9.53 Å². The second-order valence-electron chi connectivity index (χ2n) is 3.14. The normalized spacial score (nSPS) is 15.6. The standard InChI is InChI=1S/C11H10ClNO3/c1-16-10(14)11(15,7-13)9(12)8-5-3-2-4-6-8/h2-6,9,15H,1H3. The number of methoxy groups -OCH3 is 1. The van der Waals surface area contributed by atoms with E-state index in [9.17, 15) is 9.90 Å². The predicted octanol–water partition coefficient (Wildman–Crippen LogP) is 1.39. The Bertz CT molecular complexity index is 415. The first-order chi connectivity index (χ1) is 7.56. The summed E-state index contributed by atoms with van der Waals surface area (Å²) < 4.78 is 4.35. The Morgan fingerprint density at radius 3 is 2.56 bits per heavy atom. The van der Waals surface area contributed by atoms with Gasteiger partial charge in [0.15, 0.2) is 0 Å². The Labute approximate surface area is 98.0 Å². The Hall–Kier alpha value is -1.57. The van der Waals surface area contributed by atoms with Gasteiger partial charge in [-0.1, -0.05) is 30.3 Å². The van der Waals surface area contributed by atoms with Crippen molar-refractivity contribution in [1.29, 1.82) is 5.26 Å². The molecular formula is C11H10ClNO3. The fourth-order valence-electron chi connectivity index (χ4n) is 1.22. The van der Waals surface area contributed by atoms with Crippen LogP contribution in [0.25, 0.3) is 0 Å². The average Bonchev–Trinajstić information content (AvgIpc) is 2.36. The molecule has 1 N–H and O–H groups in total. The van der Waals surface area contributed by atoms with Crippen LogP contribution in [0.5, 0.6) is 0 Å². The van der Waals surface area contributed by atoms with Crippen LogP contribution in [0.3, 0.4) is 0 Å². The second kappa shape index (κ2) is 4.97. The summed E-state index contributed by atoms with van der Waals surface area (Å²) in [6.45, 7) is 0. The maximum atomic E-state index is 11.3. The zero-order valence-corrected chi connectivity index (χ0v) is 9.31. The van der Waals surface area contributed by atoms with E-state index in [1.807, 2.05) is 0 Å². The van der Waals surface area contributed by atoms with E-state index in [-0.39, 0.29) is 0 Å². The molecule has 5 heteroatoms. The number of aliphatic hydroxyl groups is 1. The Balaban J connectivity index is 3.08. The molecule has 2 unspecified atom stereocenters. The third-order valence-electron chi connectivity index (χ3n) is 2.13. The van der Waals surface area contributed by atoms with Gasteiger partial charge in [0.1, 0.15) is 11.4 Å². The first-order valence-corrected chi connectivity index (χ1v) is 4.91. The number of nitrogens with zero attached hydrogens (tertiary/aromatic N) is 1. The summed E-state index contributed by atoms with van der Waals surface area (Å²) in [4.78, 5) is 11.3. The van der Waals surface area contributed by atoms with Gasteiger partial charge in [-0.2, -0.15) is 5.26 Å². The minimum Gasteiger partial charge on any atom is -0.466 e. The Kier molecular flexibility index (Phi) is 3.88. The van der Waals surface area contributed by atoms with Crippen molar-refractivity contribution in [1.82, 2.24) is 0 Å². The molecule has 4 nitrogen and oxygen atoms in total. The number of hydrogen-bond donors (Lipinski definition) is 1. The number of esters is 1. The first kappa shape index (κ1) is 12.5. The van der Waals surface area contributed by atoms with Crippen LogP contribution < -0.4 is 0 Å². The molecule has 1 aromatic carbocycles. The van der Waals surface area contributed by atoms with Crippen molar-refractivity contribution in [3.8, 4) is 6.07 Å². The Morgan fingerprint density at radius 2 is 2.12 bits per heavy atom. The predicted molar refractivity (Wildman–Crippen MR) is 57.6 cm³/mol. The van der Waals surface area contributed by atoms with Gasteiger partial charge in [-0.25, -0.2) is 4.79 Å². The van der Waals surface area contributed by atoms with Crippen LogP contribution >= 0.6 is 11.6 Å². The highest BCUT2D eigenvalue weighted by Gasteiger charge is 2.46. The molecule has 2 atom stereocenters. The van der Waals surface area contributed by atoms with Crippen molar-refractivity contribution in [2.24, 2.45) is 0 Å². The fourth-order valence-corrected chi connectivity index (χ4v) is 1.51. The SMILES string of the molecule is COC(=O)C(O)(C#N)C(Cl)c1ccccc1. The molecule has 1 aromatic rings. The summed E-state index contributed by atoms with van der Waals surface area (Å²) in [5.74, 6) is -1.07. The maximum Gasteiger partial charge on any atom is 0.354 e. The van der Waals surface area contributed by atoms with Crippen molar-refractivity contribution < 1.29 is 14.6 Å². The number of carbonyl (C=O) groups is 1. The quantitative estimate of drug-likeness (QED) is 0.492. The number of benzene rings is 1. The number of carbonyl (C=O) groups excluding carboxylic acids is 1. The lowest BCUT2D eigenvalue weighted by Crippen LogP contribution is -2.42. The molecule has 0 heterocycles. The lowest BCUT2D eigenvalue weighted by atomic mass is 9.95. The van der Waals surface area contributed by atoms with Crippen LogP contribution in [0.15, 0.2) is 30.3 Å². The van der Waals surface area contributed by atoms with Crippen LogP contribution in [0, 0.1) is 11.3 Å². The molecule has 0 saturated heterocycles. The minimum atomic E-state index is -2.38. The van der Waals surface area contributed by atoms with E-state index in [1.54, 1.807) is 30.3 Å². The van der Waals surface area contributed by atoms with E-state index < -0.39 is 16.9 Å². The lowest BCUT2D eigenvalue weighted by molar-refractivity contribution is -0.156. The van der Waals surface area contributed by atoms with Gasteiger partial charge in [-0.05, 0) is 5.56 Å². The molecule has 0 aliphatic heterocycles. The molecule has 0 aliphatic carbocycles. The number of ether oxygens (including phenoxy) is 1. The topological polar surface area (TPSA) is 70.3 Å². The zero-order chi connectivity index (χ0) is 12.2. The van der Waals surface area contributed by atoms with Gasteiger partial charge >= 0.3 is 5.97 Å². The van der Waals surface area contributed by atoms with Gasteiger partial charge in [-0.3, -0.25) is 0 Å². The fraction of sp³-hybridized carbons (Fsp3) is 0.273. The molecule has 0 spiro atoms. The van der Waals surface area contributed by atoms with Gasteiger partial charge in [0, 0.05) is 0 Å². The maximum absolute atomic E-state index is 11.3. The summed E-state index contributed by atoms with van der Waals surface area (Å²) in [5, 5.41) is 17.5. The summed E-state index contributed by atoms with van der Waals surface area (Å²) in [7, 11) is 1.08. The second-order valence-corrected chi connectivity index (χ2v) is 3.58. The molecular weight excluding hydrogens is 230 g/mol. The van der Waals surface area contributed by atoms with Crippen LogP contribution in [0.4, 0.5) is 0 Å². The number of halogens is 1. The lowest BCUT2D eigenvalue weighted by Gasteiger charge is -2.22. The third kappa shape index (κ3) is 2.16. The molecule has 1 rings (SSSR count). The van der Waals surface area contributed by atoms with Gasteiger partial charge in [0.25, 0.3) is 5.60 Å². The molecule has 0 aromatic heterocycles. The van der Waals surface area contributed by atoms with E-state index in [0.29, 0.717) is 5.56 Å². The van der Waals surface area contributed by atoms with Crippen molar-refractivity contribution in [2.75, 3.05) is 7.11 Å². The highest BCUT2D eigenvalue weighted by molar-refractivity contribution is 6.23. The number of hydrogen-bond acceptors (Lipinski definition) is 4. The number of nitriles is 1. The minimum absolute atomic E-state index is 0.471. The summed E-state index contributed by atoms with van der Waals surface area (Å²) >= 11 is 5.91. The smallest absolute Gasteiger partial charge is 0.354 e. The number of alkyl halides is 1. The number of rotatable bonds is 3. The highest BCUT2D eigenvalue weighted by atomic mass is 35.5.